The molecule has 0 heterocycles. The molecule has 1 amide bonds. The monoisotopic (exact) mass is 393 g/mol. The van der Waals surface area contributed by atoms with E-state index in [0.29, 0.717) is 17.7 Å². The fraction of sp³-hybridized carbons (Fsp3) is 0.696. The van der Waals surface area contributed by atoms with E-state index < -0.39 is 11.5 Å². The number of unbranched alkanes of at least 4 members (excludes halogenated alkanes) is 5. The number of carbonyl (C=O) groups excluding carboxylic acids is 1. The van der Waals surface area contributed by atoms with Crippen molar-refractivity contribution in [2.24, 2.45) is 0 Å². The number of benzene rings is 1. The Hall–Kier alpha value is -1.91. The molecule has 0 saturated heterocycles. The number of nitrogens with one attached hydrogen (secondary N) is 1. The van der Waals surface area contributed by atoms with Crippen molar-refractivity contribution in [1.29, 1.82) is 0 Å². The van der Waals surface area contributed by atoms with Crippen LogP contribution in [-0.2, 0) is 15.6 Å². The van der Waals surface area contributed by atoms with Gasteiger partial charge in [0.15, 0.2) is 0 Å². The van der Waals surface area contributed by atoms with Gasteiger partial charge in [0.05, 0.1) is 12.3 Å². The van der Waals surface area contributed by atoms with Gasteiger partial charge in [-0.25, -0.2) is 4.79 Å². The molecule has 1 rings (SSSR count). The van der Waals surface area contributed by atoms with Crippen molar-refractivity contribution in [2.45, 2.75) is 97.8 Å². The van der Waals surface area contributed by atoms with Gasteiger partial charge in [0, 0.05) is 11.1 Å². The second-order valence-corrected chi connectivity index (χ2v) is 9.57. The number of aromatic hydroxyl groups is 2. The molecule has 0 aliphatic carbocycles. The maximum atomic E-state index is 12.2. The third kappa shape index (κ3) is 6.92. The Bertz CT molecular complexity index is 654. The summed E-state index contributed by atoms with van der Waals surface area (Å²) >= 11 is 0. The maximum Gasteiger partial charge on any atom is 0.411 e. The molecule has 1 aromatic rings. The minimum atomic E-state index is -0.614. The third-order valence-corrected chi connectivity index (χ3v) is 4.80. The van der Waals surface area contributed by atoms with E-state index in [2.05, 4.69) is 12.2 Å². The molecule has 5 heteroatoms. The first-order chi connectivity index (χ1) is 12.9. The van der Waals surface area contributed by atoms with Crippen molar-refractivity contribution in [3.05, 3.63) is 17.2 Å². The molecule has 0 aliphatic heterocycles. The molecular formula is C23H39NO4. The predicted octanol–water partition coefficient (Wildman–Crippen LogP) is 6.60. The molecular weight excluding hydrogens is 354 g/mol. The van der Waals surface area contributed by atoms with E-state index in [9.17, 15) is 15.0 Å². The number of anilines is 1. The second-order valence-electron chi connectivity index (χ2n) is 9.57. The van der Waals surface area contributed by atoms with Gasteiger partial charge < -0.3 is 14.9 Å². The highest BCUT2D eigenvalue weighted by atomic mass is 16.5. The molecule has 0 saturated carbocycles. The lowest BCUT2D eigenvalue weighted by Gasteiger charge is -2.30. The molecule has 0 bridgehead atoms. The highest BCUT2D eigenvalue weighted by Gasteiger charge is 2.31. The standard InChI is InChI=1S/C23H39NO4/c1-8-9-10-11-12-13-14-28-21(27)24-19-17(25)15-16(22(2,3)4)20(26)18(19)23(5,6)7/h15,25-26H,8-14H2,1-7H3,(H,24,27). The van der Waals surface area contributed by atoms with Crippen LogP contribution in [-0.4, -0.2) is 22.9 Å². The summed E-state index contributed by atoms with van der Waals surface area (Å²) in [5.41, 5.74) is 0.532. The zero-order chi connectivity index (χ0) is 21.5. The number of phenolic OH excluding ortho intramolecular Hbond substituents is 2. The van der Waals surface area contributed by atoms with Crippen LogP contribution in [0.4, 0.5) is 10.5 Å². The molecule has 0 atom stereocenters. The molecule has 1 aromatic carbocycles. The van der Waals surface area contributed by atoms with Crippen LogP contribution < -0.4 is 5.32 Å². The number of amides is 1. The first kappa shape index (κ1) is 24.1. The molecule has 0 aliphatic rings. The van der Waals surface area contributed by atoms with E-state index in [1.165, 1.54) is 25.3 Å². The van der Waals surface area contributed by atoms with Crippen LogP contribution in [0.3, 0.4) is 0 Å². The molecule has 160 valence electrons. The quantitative estimate of drug-likeness (QED) is 0.264. The SMILES string of the molecule is CCCCCCCCOC(=O)Nc1c(O)cc(C(C)(C)C)c(O)c1C(C)(C)C. The van der Waals surface area contributed by atoms with E-state index in [1.54, 1.807) is 0 Å². The number of hydrogen-bond donors (Lipinski definition) is 3. The summed E-state index contributed by atoms with van der Waals surface area (Å²) in [6.07, 6.45) is 6.05. The van der Waals surface area contributed by atoms with Crippen molar-refractivity contribution in [1.82, 2.24) is 0 Å². The van der Waals surface area contributed by atoms with Gasteiger partial charge >= 0.3 is 6.09 Å². The first-order valence-corrected chi connectivity index (χ1v) is 10.4. The number of carbonyl (C=O) groups is 1. The van der Waals surface area contributed by atoms with Gasteiger partial charge in [-0.05, 0) is 23.3 Å². The Labute approximate surface area is 170 Å². The van der Waals surface area contributed by atoms with Crippen molar-refractivity contribution in [3.63, 3.8) is 0 Å². The highest BCUT2D eigenvalue weighted by Crippen LogP contribution is 2.47. The first-order valence-electron chi connectivity index (χ1n) is 10.4. The molecule has 0 unspecified atom stereocenters. The number of ether oxygens (including phenoxy) is 1. The van der Waals surface area contributed by atoms with E-state index in [0.717, 1.165) is 19.3 Å². The van der Waals surface area contributed by atoms with E-state index in [1.807, 2.05) is 41.5 Å². The summed E-state index contributed by atoms with van der Waals surface area (Å²) in [6.45, 7) is 14.2. The summed E-state index contributed by atoms with van der Waals surface area (Å²) < 4.78 is 5.27. The zero-order valence-corrected chi connectivity index (χ0v) is 18.7. The maximum absolute atomic E-state index is 12.2. The molecule has 5 nitrogen and oxygen atoms in total. The lowest BCUT2D eigenvalue weighted by molar-refractivity contribution is 0.159. The molecule has 0 radical (unpaired) electrons. The molecule has 28 heavy (non-hydrogen) atoms. The number of hydrogen-bond acceptors (Lipinski definition) is 4. The van der Waals surface area contributed by atoms with Gasteiger partial charge in [-0.3, -0.25) is 5.32 Å². The Morgan fingerprint density at radius 3 is 2.07 bits per heavy atom. The molecule has 0 spiro atoms. The number of phenols is 2. The predicted molar refractivity (Wildman–Crippen MR) is 116 cm³/mol. The van der Waals surface area contributed by atoms with Crippen LogP contribution in [0, 0.1) is 0 Å². The van der Waals surface area contributed by atoms with Gasteiger partial charge in [0.1, 0.15) is 11.5 Å². The van der Waals surface area contributed by atoms with Crippen molar-refractivity contribution < 1.29 is 19.7 Å². The summed E-state index contributed by atoms with van der Waals surface area (Å²) in [6, 6.07) is 1.52. The Morgan fingerprint density at radius 1 is 0.964 bits per heavy atom. The van der Waals surface area contributed by atoms with Crippen LogP contribution in [0.15, 0.2) is 6.07 Å². The summed E-state index contributed by atoms with van der Waals surface area (Å²) in [5.74, 6) is 0.0354. The van der Waals surface area contributed by atoms with Crippen LogP contribution in [0.25, 0.3) is 0 Å². The molecule has 3 N–H and O–H groups in total. The fourth-order valence-electron chi connectivity index (χ4n) is 3.27. The normalized spacial score (nSPS) is 12.1. The fourth-order valence-corrected chi connectivity index (χ4v) is 3.27. The van der Waals surface area contributed by atoms with Crippen LogP contribution in [0.2, 0.25) is 0 Å². The van der Waals surface area contributed by atoms with Gasteiger partial charge in [-0.15, -0.1) is 0 Å². The Kier molecular flexibility index (Phi) is 8.65. The van der Waals surface area contributed by atoms with Gasteiger partial charge in [0.2, 0.25) is 0 Å². The molecule has 0 fully saturated rings. The largest absolute Gasteiger partial charge is 0.507 e. The summed E-state index contributed by atoms with van der Waals surface area (Å²) in [5, 5.41) is 24.1. The van der Waals surface area contributed by atoms with Crippen LogP contribution >= 0.6 is 0 Å². The average molecular weight is 394 g/mol. The lowest BCUT2D eigenvalue weighted by Crippen LogP contribution is -2.22. The smallest absolute Gasteiger partial charge is 0.411 e. The van der Waals surface area contributed by atoms with Crippen molar-refractivity contribution in [2.75, 3.05) is 11.9 Å². The minimum absolute atomic E-state index is 0.0656. The average Bonchev–Trinajstić information content (AvgIpc) is 2.54. The van der Waals surface area contributed by atoms with Crippen molar-refractivity contribution >= 4 is 11.8 Å². The van der Waals surface area contributed by atoms with E-state index in [4.69, 9.17) is 4.74 Å². The Morgan fingerprint density at radius 2 is 1.54 bits per heavy atom. The lowest BCUT2D eigenvalue weighted by atomic mass is 9.78. The van der Waals surface area contributed by atoms with Crippen LogP contribution in [0.1, 0.15) is 98.1 Å². The van der Waals surface area contributed by atoms with Gasteiger partial charge in [-0.2, -0.15) is 0 Å². The second kappa shape index (κ2) is 10.0. The highest BCUT2D eigenvalue weighted by molar-refractivity contribution is 5.89. The van der Waals surface area contributed by atoms with E-state index in [-0.39, 0.29) is 22.6 Å². The minimum Gasteiger partial charge on any atom is -0.507 e. The topological polar surface area (TPSA) is 78.8 Å². The molecule has 0 aromatic heterocycles. The summed E-state index contributed by atoms with van der Waals surface area (Å²) in [7, 11) is 0. The Balaban J connectivity index is 2.90. The van der Waals surface area contributed by atoms with E-state index >= 15 is 0 Å². The summed E-state index contributed by atoms with van der Waals surface area (Å²) in [4.78, 5) is 12.2. The number of rotatable bonds is 8. The van der Waals surface area contributed by atoms with Gasteiger partial charge in [-0.1, -0.05) is 80.6 Å². The van der Waals surface area contributed by atoms with Crippen LogP contribution in [0.5, 0.6) is 11.5 Å². The van der Waals surface area contributed by atoms with Crippen molar-refractivity contribution in [3.8, 4) is 11.5 Å². The third-order valence-electron chi connectivity index (χ3n) is 4.80. The van der Waals surface area contributed by atoms with Gasteiger partial charge in [0.25, 0.3) is 0 Å². The zero-order valence-electron chi connectivity index (χ0n) is 18.7.